The van der Waals surface area contributed by atoms with Crippen LogP contribution in [-0.4, -0.2) is 16.7 Å². The molecule has 1 unspecified atom stereocenters. The highest BCUT2D eigenvalue weighted by Crippen LogP contribution is 2.33. The maximum absolute atomic E-state index is 13.3. The van der Waals surface area contributed by atoms with Gasteiger partial charge in [-0.25, -0.2) is 4.39 Å². The average Bonchev–Trinajstić information content (AvgIpc) is 2.64. The van der Waals surface area contributed by atoms with Gasteiger partial charge in [-0.15, -0.1) is 0 Å². The van der Waals surface area contributed by atoms with Crippen molar-refractivity contribution in [3.63, 3.8) is 0 Å². The number of pyridine rings is 1. The third-order valence-corrected chi connectivity index (χ3v) is 4.57. The van der Waals surface area contributed by atoms with Crippen molar-refractivity contribution in [1.29, 1.82) is 0 Å². The van der Waals surface area contributed by atoms with E-state index in [9.17, 15) is 14.0 Å². The number of carbonyl (C=O) groups excluding carboxylic acids is 2. The molecule has 0 aliphatic rings. The first kappa shape index (κ1) is 18.5. The summed E-state index contributed by atoms with van der Waals surface area (Å²) in [6.07, 6.45) is 1.62. The molecule has 0 saturated carbocycles. The van der Waals surface area contributed by atoms with Crippen LogP contribution in [0.4, 0.5) is 4.39 Å². The van der Waals surface area contributed by atoms with Crippen molar-refractivity contribution in [3.05, 3.63) is 89.0 Å². The second-order valence-corrected chi connectivity index (χ2v) is 6.41. The number of hydrogen-bond acceptors (Lipinski definition) is 3. The number of halogens is 1. The highest BCUT2D eigenvalue weighted by molar-refractivity contribution is 5.97. The standard InChI is InChI=1S/C22H19FN2O2/c1-13-18(15-6-8-17(23)9-7-15)11-16(12-19(13)22(24)27)21(14(2)26)20-5-3-4-10-25-20/h3-12,21H,1-2H3,(H2,24,27). The van der Waals surface area contributed by atoms with Gasteiger partial charge in [0.15, 0.2) is 0 Å². The monoisotopic (exact) mass is 362 g/mol. The molecule has 2 aromatic carbocycles. The van der Waals surface area contributed by atoms with Crippen LogP contribution in [-0.2, 0) is 4.79 Å². The SMILES string of the molecule is CC(=O)C(c1cc(C(N)=O)c(C)c(-c2ccc(F)cc2)c1)c1ccccn1. The third kappa shape index (κ3) is 3.77. The number of nitrogens with two attached hydrogens (primary N) is 1. The molecule has 0 aliphatic carbocycles. The predicted molar refractivity (Wildman–Crippen MR) is 102 cm³/mol. The first-order valence-corrected chi connectivity index (χ1v) is 8.50. The van der Waals surface area contributed by atoms with E-state index in [4.69, 9.17) is 5.73 Å². The fourth-order valence-electron chi connectivity index (χ4n) is 3.25. The molecule has 1 atom stereocenters. The minimum absolute atomic E-state index is 0.0990. The van der Waals surface area contributed by atoms with E-state index in [-0.39, 0.29) is 11.6 Å². The van der Waals surface area contributed by atoms with Crippen molar-refractivity contribution >= 4 is 11.7 Å². The highest BCUT2D eigenvalue weighted by atomic mass is 19.1. The Labute approximate surface area is 156 Å². The Morgan fingerprint density at radius 3 is 2.33 bits per heavy atom. The van der Waals surface area contributed by atoms with Crippen LogP contribution in [0.15, 0.2) is 60.8 Å². The quantitative estimate of drug-likeness (QED) is 0.745. The molecule has 1 heterocycles. The lowest BCUT2D eigenvalue weighted by Crippen LogP contribution is -2.17. The minimum atomic E-state index is -0.621. The Bertz CT molecular complexity index is 999. The molecule has 27 heavy (non-hydrogen) atoms. The van der Waals surface area contributed by atoms with Gasteiger partial charge in [-0.05, 0) is 72.5 Å². The number of rotatable bonds is 5. The second-order valence-electron chi connectivity index (χ2n) is 6.41. The topological polar surface area (TPSA) is 73.1 Å². The molecule has 136 valence electrons. The van der Waals surface area contributed by atoms with Gasteiger partial charge >= 0.3 is 0 Å². The smallest absolute Gasteiger partial charge is 0.248 e. The lowest BCUT2D eigenvalue weighted by atomic mass is 9.85. The average molecular weight is 362 g/mol. The molecule has 1 amide bonds. The number of Topliss-reactive ketones (excluding diaryl/α,β-unsaturated/α-hetero) is 1. The summed E-state index contributed by atoms with van der Waals surface area (Å²) in [4.78, 5) is 28.7. The van der Waals surface area contributed by atoms with Gasteiger partial charge in [0.2, 0.25) is 5.91 Å². The van der Waals surface area contributed by atoms with E-state index in [1.165, 1.54) is 19.1 Å². The Hall–Kier alpha value is -3.34. The summed E-state index contributed by atoms with van der Waals surface area (Å²) in [5.41, 5.74) is 9.26. The number of carbonyl (C=O) groups is 2. The summed E-state index contributed by atoms with van der Waals surface area (Å²) in [5.74, 6) is -1.65. The molecular weight excluding hydrogens is 343 g/mol. The fourth-order valence-corrected chi connectivity index (χ4v) is 3.25. The van der Waals surface area contributed by atoms with Crippen molar-refractivity contribution in [3.8, 4) is 11.1 Å². The molecule has 4 nitrogen and oxygen atoms in total. The van der Waals surface area contributed by atoms with Gasteiger partial charge in [-0.3, -0.25) is 14.6 Å². The lowest BCUT2D eigenvalue weighted by Gasteiger charge is -2.18. The molecule has 3 rings (SSSR count). The summed E-state index contributed by atoms with van der Waals surface area (Å²) in [5, 5.41) is 0. The third-order valence-electron chi connectivity index (χ3n) is 4.57. The largest absolute Gasteiger partial charge is 0.366 e. The van der Waals surface area contributed by atoms with Crippen LogP contribution in [0, 0.1) is 12.7 Å². The number of primary amides is 1. The minimum Gasteiger partial charge on any atom is -0.366 e. The Kier molecular flexibility index (Phi) is 5.12. The van der Waals surface area contributed by atoms with E-state index in [1.807, 2.05) is 12.1 Å². The molecule has 0 radical (unpaired) electrons. The van der Waals surface area contributed by atoms with Crippen LogP contribution in [0.5, 0.6) is 0 Å². The van der Waals surface area contributed by atoms with E-state index in [1.54, 1.807) is 43.5 Å². The van der Waals surface area contributed by atoms with Crippen LogP contribution in [0.1, 0.15) is 40.0 Å². The van der Waals surface area contributed by atoms with Gasteiger partial charge < -0.3 is 5.73 Å². The van der Waals surface area contributed by atoms with Gasteiger partial charge in [0.05, 0.1) is 11.6 Å². The molecule has 0 bridgehead atoms. The summed E-state index contributed by atoms with van der Waals surface area (Å²) in [6.45, 7) is 3.27. The first-order valence-electron chi connectivity index (χ1n) is 8.50. The predicted octanol–water partition coefficient (Wildman–Crippen LogP) is 4.02. The molecule has 0 aliphatic heterocycles. The Balaban J connectivity index is 2.25. The van der Waals surface area contributed by atoms with Gasteiger partial charge in [0.1, 0.15) is 11.6 Å². The van der Waals surface area contributed by atoms with Gasteiger partial charge in [0.25, 0.3) is 0 Å². The molecule has 3 aromatic rings. The molecule has 2 N–H and O–H groups in total. The number of aromatic nitrogens is 1. The molecule has 0 saturated heterocycles. The fraction of sp³-hybridized carbons (Fsp3) is 0.136. The number of ketones is 1. The summed E-state index contributed by atoms with van der Waals surface area (Å²) in [6, 6.07) is 14.8. The number of benzene rings is 2. The van der Waals surface area contributed by atoms with Crippen LogP contribution < -0.4 is 5.73 Å². The highest BCUT2D eigenvalue weighted by Gasteiger charge is 2.24. The zero-order valence-electron chi connectivity index (χ0n) is 15.1. The van der Waals surface area contributed by atoms with Crippen molar-refractivity contribution in [2.45, 2.75) is 19.8 Å². The summed E-state index contributed by atoms with van der Waals surface area (Å²) < 4.78 is 13.3. The van der Waals surface area contributed by atoms with Gasteiger partial charge in [-0.1, -0.05) is 18.2 Å². The second kappa shape index (κ2) is 7.50. The van der Waals surface area contributed by atoms with Gasteiger partial charge in [-0.2, -0.15) is 0 Å². The van der Waals surface area contributed by atoms with E-state index in [0.717, 1.165) is 11.1 Å². The van der Waals surface area contributed by atoms with E-state index in [0.29, 0.717) is 22.4 Å². The first-order chi connectivity index (χ1) is 12.9. The van der Waals surface area contributed by atoms with Crippen LogP contribution in [0.2, 0.25) is 0 Å². The zero-order valence-corrected chi connectivity index (χ0v) is 15.1. The van der Waals surface area contributed by atoms with Crippen molar-refractivity contribution < 1.29 is 14.0 Å². The molecule has 1 aromatic heterocycles. The maximum Gasteiger partial charge on any atom is 0.248 e. The zero-order chi connectivity index (χ0) is 19.6. The van der Waals surface area contributed by atoms with E-state index in [2.05, 4.69) is 4.98 Å². The van der Waals surface area contributed by atoms with E-state index >= 15 is 0 Å². The van der Waals surface area contributed by atoms with Gasteiger partial charge in [0, 0.05) is 11.8 Å². The number of nitrogens with zero attached hydrogens (tertiary/aromatic N) is 1. The summed E-state index contributed by atoms with van der Waals surface area (Å²) in [7, 11) is 0. The molecule has 0 spiro atoms. The Morgan fingerprint density at radius 1 is 1.07 bits per heavy atom. The van der Waals surface area contributed by atoms with Crippen LogP contribution >= 0.6 is 0 Å². The number of hydrogen-bond donors (Lipinski definition) is 1. The molecular formula is C22H19FN2O2. The summed E-state index contributed by atoms with van der Waals surface area (Å²) >= 11 is 0. The molecule has 0 fully saturated rings. The van der Waals surface area contributed by atoms with Crippen LogP contribution in [0.3, 0.4) is 0 Å². The molecule has 5 heteroatoms. The number of amides is 1. The van der Waals surface area contributed by atoms with Crippen molar-refractivity contribution in [1.82, 2.24) is 4.98 Å². The lowest BCUT2D eigenvalue weighted by molar-refractivity contribution is -0.117. The van der Waals surface area contributed by atoms with Crippen molar-refractivity contribution in [2.24, 2.45) is 5.73 Å². The Morgan fingerprint density at radius 2 is 1.78 bits per heavy atom. The van der Waals surface area contributed by atoms with Crippen LogP contribution in [0.25, 0.3) is 11.1 Å². The maximum atomic E-state index is 13.3. The van der Waals surface area contributed by atoms with E-state index < -0.39 is 11.8 Å². The normalized spacial score (nSPS) is 11.8. The van der Waals surface area contributed by atoms with Crippen molar-refractivity contribution in [2.75, 3.05) is 0 Å².